The first-order chi connectivity index (χ1) is 8.12. The zero-order chi connectivity index (χ0) is 12.3. The van der Waals surface area contributed by atoms with E-state index in [1.54, 1.807) is 0 Å². The van der Waals surface area contributed by atoms with Gasteiger partial charge in [-0.15, -0.1) is 0 Å². The molecule has 2 aliphatic rings. The molecule has 98 valence electrons. The molecule has 1 aliphatic carbocycles. The van der Waals surface area contributed by atoms with Gasteiger partial charge in [0.2, 0.25) is 5.91 Å². The van der Waals surface area contributed by atoms with Crippen LogP contribution in [0.1, 0.15) is 39.0 Å². The molecule has 0 radical (unpaired) electrons. The second-order valence-electron chi connectivity index (χ2n) is 5.62. The lowest BCUT2D eigenvalue weighted by molar-refractivity contribution is -0.138. The molecule has 0 aromatic rings. The minimum absolute atomic E-state index is 0.148. The quantitative estimate of drug-likeness (QED) is 0.748. The van der Waals surface area contributed by atoms with Gasteiger partial charge in [0, 0.05) is 19.7 Å². The lowest BCUT2D eigenvalue weighted by Crippen LogP contribution is -2.57. The zero-order valence-electron chi connectivity index (χ0n) is 10.8. The van der Waals surface area contributed by atoms with Crippen molar-refractivity contribution in [3.63, 3.8) is 0 Å². The first kappa shape index (κ1) is 12.8. The summed E-state index contributed by atoms with van der Waals surface area (Å²) in [6.45, 7) is 5.10. The van der Waals surface area contributed by atoms with E-state index in [4.69, 9.17) is 10.5 Å². The molecule has 0 spiro atoms. The van der Waals surface area contributed by atoms with Crippen molar-refractivity contribution in [3.8, 4) is 0 Å². The standard InChI is InChI=1S/C13H24N2O2/c1-11-4-2-5-13(14,10-11)12(16)15-6-3-8-17-9-7-15/h11H,2-10,14H2,1H3. The Bertz CT molecular complexity index is 275. The summed E-state index contributed by atoms with van der Waals surface area (Å²) in [7, 11) is 0. The molecule has 1 aliphatic heterocycles. The molecular weight excluding hydrogens is 216 g/mol. The minimum atomic E-state index is -0.609. The molecule has 4 nitrogen and oxygen atoms in total. The Kier molecular flexibility index (Phi) is 4.05. The summed E-state index contributed by atoms with van der Waals surface area (Å²) in [5, 5.41) is 0. The maximum atomic E-state index is 12.5. The summed E-state index contributed by atoms with van der Waals surface area (Å²) in [6.07, 6.45) is 4.89. The van der Waals surface area contributed by atoms with Gasteiger partial charge in [-0.1, -0.05) is 19.8 Å². The first-order valence-electron chi connectivity index (χ1n) is 6.78. The average molecular weight is 240 g/mol. The summed E-state index contributed by atoms with van der Waals surface area (Å²) in [5.41, 5.74) is 5.73. The van der Waals surface area contributed by atoms with Crippen LogP contribution >= 0.6 is 0 Å². The number of hydrogen-bond donors (Lipinski definition) is 1. The molecule has 0 bridgehead atoms. The van der Waals surface area contributed by atoms with Crippen molar-refractivity contribution in [1.29, 1.82) is 0 Å². The average Bonchev–Trinajstić information content (AvgIpc) is 2.56. The van der Waals surface area contributed by atoms with Crippen molar-refractivity contribution >= 4 is 5.91 Å². The molecule has 0 aromatic heterocycles. The second-order valence-corrected chi connectivity index (χ2v) is 5.62. The van der Waals surface area contributed by atoms with Crippen LogP contribution in [0.5, 0.6) is 0 Å². The molecule has 2 N–H and O–H groups in total. The molecule has 2 atom stereocenters. The number of ether oxygens (including phenoxy) is 1. The molecule has 1 saturated heterocycles. The molecule has 0 aromatic carbocycles. The number of nitrogens with two attached hydrogens (primary N) is 1. The largest absolute Gasteiger partial charge is 0.380 e. The van der Waals surface area contributed by atoms with Crippen LogP contribution in [0.3, 0.4) is 0 Å². The van der Waals surface area contributed by atoms with Crippen LogP contribution in [0.25, 0.3) is 0 Å². The lowest BCUT2D eigenvalue weighted by Gasteiger charge is -2.38. The van der Waals surface area contributed by atoms with Crippen molar-refractivity contribution in [1.82, 2.24) is 4.90 Å². The van der Waals surface area contributed by atoms with Gasteiger partial charge in [-0.05, 0) is 25.2 Å². The third-order valence-corrected chi connectivity index (χ3v) is 3.97. The van der Waals surface area contributed by atoms with E-state index in [0.717, 1.165) is 38.8 Å². The summed E-state index contributed by atoms with van der Waals surface area (Å²) in [6, 6.07) is 0. The van der Waals surface area contributed by atoms with Crippen molar-refractivity contribution < 1.29 is 9.53 Å². The van der Waals surface area contributed by atoms with E-state index in [1.807, 2.05) is 4.90 Å². The summed E-state index contributed by atoms with van der Waals surface area (Å²) >= 11 is 0. The topological polar surface area (TPSA) is 55.6 Å². The predicted molar refractivity (Wildman–Crippen MR) is 66.6 cm³/mol. The minimum Gasteiger partial charge on any atom is -0.380 e. The van der Waals surface area contributed by atoms with Crippen LogP contribution in [-0.2, 0) is 9.53 Å². The number of carbonyl (C=O) groups excluding carboxylic acids is 1. The molecular formula is C13H24N2O2. The molecule has 1 heterocycles. The molecule has 2 unspecified atom stereocenters. The molecule has 4 heteroatoms. The smallest absolute Gasteiger partial charge is 0.242 e. The Balaban J connectivity index is 2.01. The third-order valence-electron chi connectivity index (χ3n) is 3.97. The van der Waals surface area contributed by atoms with E-state index in [1.165, 1.54) is 6.42 Å². The van der Waals surface area contributed by atoms with Crippen LogP contribution in [0, 0.1) is 5.92 Å². The molecule has 1 saturated carbocycles. The van der Waals surface area contributed by atoms with Gasteiger partial charge >= 0.3 is 0 Å². The van der Waals surface area contributed by atoms with E-state index in [9.17, 15) is 4.79 Å². The fourth-order valence-electron chi connectivity index (χ4n) is 3.05. The zero-order valence-corrected chi connectivity index (χ0v) is 10.8. The maximum absolute atomic E-state index is 12.5. The highest BCUT2D eigenvalue weighted by molar-refractivity contribution is 5.86. The van der Waals surface area contributed by atoms with E-state index in [0.29, 0.717) is 19.1 Å². The predicted octanol–water partition coefficient (Wildman–Crippen LogP) is 1.14. The molecule has 2 rings (SSSR count). The van der Waals surface area contributed by atoms with Gasteiger partial charge in [-0.25, -0.2) is 0 Å². The van der Waals surface area contributed by atoms with E-state index in [2.05, 4.69) is 6.92 Å². The van der Waals surface area contributed by atoms with Gasteiger partial charge in [0.1, 0.15) is 0 Å². The summed E-state index contributed by atoms with van der Waals surface area (Å²) in [5.74, 6) is 0.718. The molecule has 17 heavy (non-hydrogen) atoms. The van der Waals surface area contributed by atoms with Crippen LogP contribution < -0.4 is 5.73 Å². The maximum Gasteiger partial charge on any atom is 0.242 e. The summed E-state index contributed by atoms with van der Waals surface area (Å²) < 4.78 is 5.38. The van der Waals surface area contributed by atoms with Crippen molar-refractivity contribution in [3.05, 3.63) is 0 Å². The SMILES string of the molecule is CC1CCCC(N)(C(=O)N2CCCOCC2)C1. The van der Waals surface area contributed by atoms with E-state index >= 15 is 0 Å². The normalized spacial score (nSPS) is 35.4. The Morgan fingerprint density at radius 2 is 2.18 bits per heavy atom. The van der Waals surface area contributed by atoms with Gasteiger partial charge in [-0.2, -0.15) is 0 Å². The molecule has 2 fully saturated rings. The van der Waals surface area contributed by atoms with Gasteiger partial charge < -0.3 is 15.4 Å². The number of hydrogen-bond acceptors (Lipinski definition) is 3. The highest BCUT2D eigenvalue weighted by Gasteiger charge is 2.40. The monoisotopic (exact) mass is 240 g/mol. The lowest BCUT2D eigenvalue weighted by atomic mass is 9.76. The fraction of sp³-hybridized carbons (Fsp3) is 0.923. The van der Waals surface area contributed by atoms with Crippen LogP contribution in [0.4, 0.5) is 0 Å². The number of amides is 1. The molecule has 1 amide bonds. The fourth-order valence-corrected chi connectivity index (χ4v) is 3.05. The van der Waals surface area contributed by atoms with Crippen molar-refractivity contribution in [2.24, 2.45) is 11.7 Å². The second kappa shape index (κ2) is 5.36. The van der Waals surface area contributed by atoms with Crippen LogP contribution in [0.2, 0.25) is 0 Å². The Hall–Kier alpha value is -0.610. The Morgan fingerprint density at radius 3 is 2.94 bits per heavy atom. The Morgan fingerprint density at radius 1 is 1.35 bits per heavy atom. The van der Waals surface area contributed by atoms with Gasteiger partial charge in [0.15, 0.2) is 0 Å². The van der Waals surface area contributed by atoms with Crippen molar-refractivity contribution in [2.75, 3.05) is 26.3 Å². The highest BCUT2D eigenvalue weighted by Crippen LogP contribution is 2.31. The number of carbonyl (C=O) groups is 1. The first-order valence-corrected chi connectivity index (χ1v) is 6.78. The van der Waals surface area contributed by atoms with E-state index < -0.39 is 5.54 Å². The van der Waals surface area contributed by atoms with E-state index in [-0.39, 0.29) is 5.91 Å². The third kappa shape index (κ3) is 2.99. The highest BCUT2D eigenvalue weighted by atomic mass is 16.5. The summed E-state index contributed by atoms with van der Waals surface area (Å²) in [4.78, 5) is 14.4. The van der Waals surface area contributed by atoms with Crippen molar-refractivity contribution in [2.45, 2.75) is 44.6 Å². The number of nitrogens with zero attached hydrogens (tertiary/aromatic N) is 1. The Labute approximate surface area is 103 Å². The van der Waals surface area contributed by atoms with Crippen LogP contribution in [-0.4, -0.2) is 42.6 Å². The van der Waals surface area contributed by atoms with Gasteiger partial charge in [-0.3, -0.25) is 4.79 Å². The van der Waals surface area contributed by atoms with Gasteiger partial charge in [0.25, 0.3) is 0 Å². The number of rotatable bonds is 1. The van der Waals surface area contributed by atoms with Gasteiger partial charge in [0.05, 0.1) is 12.1 Å². The van der Waals surface area contributed by atoms with Crippen LogP contribution in [0.15, 0.2) is 0 Å².